The topological polar surface area (TPSA) is 52.5 Å². The van der Waals surface area contributed by atoms with Crippen LogP contribution in [0.1, 0.15) is 43.5 Å². The fraction of sp³-hybridized carbons (Fsp3) is 0.294. The fourth-order valence-electron chi connectivity index (χ4n) is 2.45. The Bertz CT molecular complexity index is 615. The minimum absolute atomic E-state index is 0.0963. The van der Waals surface area contributed by atoms with Gasteiger partial charge in [0.1, 0.15) is 11.5 Å². The summed E-state index contributed by atoms with van der Waals surface area (Å²) in [7, 11) is 0. The van der Waals surface area contributed by atoms with Crippen molar-refractivity contribution < 1.29 is 10.2 Å². The van der Waals surface area contributed by atoms with E-state index >= 15 is 0 Å². The van der Waals surface area contributed by atoms with Crippen LogP contribution in [0.25, 0.3) is 0 Å². The standard InChI is InChI=1S/C17H20ClNO2/c1-3-16(12-5-4-6-13(18)9-12)19-11(2)15-10-14(20)7-8-17(15)21/h4-11,16,19-21H,3H2,1-2H3. The quantitative estimate of drug-likeness (QED) is 0.710. The van der Waals surface area contributed by atoms with Gasteiger partial charge in [-0.3, -0.25) is 0 Å². The lowest BCUT2D eigenvalue weighted by Gasteiger charge is -2.24. The molecule has 2 aromatic carbocycles. The van der Waals surface area contributed by atoms with Crippen molar-refractivity contribution in [1.82, 2.24) is 5.32 Å². The van der Waals surface area contributed by atoms with Gasteiger partial charge in [0.25, 0.3) is 0 Å². The number of nitrogens with one attached hydrogen (secondary N) is 1. The zero-order valence-electron chi connectivity index (χ0n) is 12.2. The number of hydrogen-bond donors (Lipinski definition) is 3. The SMILES string of the molecule is CCC(NC(C)c1cc(O)ccc1O)c1cccc(Cl)c1. The second-order valence-corrected chi connectivity index (χ2v) is 5.58. The Kier molecular flexibility index (Phi) is 5.10. The minimum atomic E-state index is -0.0963. The zero-order valence-corrected chi connectivity index (χ0v) is 12.9. The Morgan fingerprint density at radius 3 is 2.57 bits per heavy atom. The van der Waals surface area contributed by atoms with E-state index in [-0.39, 0.29) is 23.6 Å². The highest BCUT2D eigenvalue weighted by atomic mass is 35.5. The van der Waals surface area contributed by atoms with E-state index in [2.05, 4.69) is 12.2 Å². The van der Waals surface area contributed by atoms with Crippen molar-refractivity contribution in [3.05, 3.63) is 58.6 Å². The normalized spacial score (nSPS) is 13.9. The Morgan fingerprint density at radius 2 is 1.90 bits per heavy atom. The van der Waals surface area contributed by atoms with E-state index < -0.39 is 0 Å². The van der Waals surface area contributed by atoms with Gasteiger partial charge in [-0.25, -0.2) is 0 Å². The van der Waals surface area contributed by atoms with Gasteiger partial charge in [0.2, 0.25) is 0 Å². The van der Waals surface area contributed by atoms with E-state index in [0.717, 1.165) is 12.0 Å². The summed E-state index contributed by atoms with van der Waals surface area (Å²) in [5.41, 5.74) is 1.78. The van der Waals surface area contributed by atoms with Crippen LogP contribution in [0.3, 0.4) is 0 Å². The number of phenols is 2. The maximum Gasteiger partial charge on any atom is 0.120 e. The Morgan fingerprint density at radius 1 is 1.14 bits per heavy atom. The second kappa shape index (κ2) is 6.83. The highest BCUT2D eigenvalue weighted by Crippen LogP contribution is 2.30. The maximum absolute atomic E-state index is 9.93. The van der Waals surface area contributed by atoms with Crippen LogP contribution in [0.5, 0.6) is 11.5 Å². The van der Waals surface area contributed by atoms with Gasteiger partial charge >= 0.3 is 0 Å². The molecular formula is C17H20ClNO2. The van der Waals surface area contributed by atoms with Crippen LogP contribution in [0.4, 0.5) is 0 Å². The lowest BCUT2D eigenvalue weighted by Crippen LogP contribution is -2.24. The van der Waals surface area contributed by atoms with Gasteiger partial charge in [0, 0.05) is 22.7 Å². The molecule has 0 aliphatic carbocycles. The molecule has 2 rings (SSSR count). The summed E-state index contributed by atoms with van der Waals surface area (Å²) in [6, 6.07) is 12.3. The van der Waals surface area contributed by atoms with Crippen molar-refractivity contribution in [1.29, 1.82) is 0 Å². The summed E-state index contributed by atoms with van der Waals surface area (Å²) in [6.07, 6.45) is 0.893. The van der Waals surface area contributed by atoms with Crippen LogP contribution in [-0.4, -0.2) is 10.2 Å². The molecule has 0 fully saturated rings. The van der Waals surface area contributed by atoms with Gasteiger partial charge in [0.15, 0.2) is 0 Å². The van der Waals surface area contributed by atoms with Gasteiger partial charge in [-0.15, -0.1) is 0 Å². The highest BCUT2D eigenvalue weighted by Gasteiger charge is 2.16. The molecule has 2 atom stereocenters. The molecule has 3 N–H and O–H groups in total. The van der Waals surface area contributed by atoms with Crippen molar-refractivity contribution in [2.45, 2.75) is 32.4 Å². The lowest BCUT2D eigenvalue weighted by molar-refractivity contribution is 0.417. The van der Waals surface area contributed by atoms with E-state index in [4.69, 9.17) is 11.6 Å². The molecular weight excluding hydrogens is 286 g/mol. The number of rotatable bonds is 5. The van der Waals surface area contributed by atoms with E-state index in [0.29, 0.717) is 10.6 Å². The number of benzene rings is 2. The molecule has 0 radical (unpaired) electrons. The molecule has 0 spiro atoms. The zero-order chi connectivity index (χ0) is 15.4. The fourth-order valence-corrected chi connectivity index (χ4v) is 2.65. The molecule has 3 nitrogen and oxygen atoms in total. The Hall–Kier alpha value is -1.71. The van der Waals surface area contributed by atoms with Crippen molar-refractivity contribution in [2.24, 2.45) is 0 Å². The number of aromatic hydroxyl groups is 2. The molecule has 0 heterocycles. The first-order chi connectivity index (χ1) is 10.0. The predicted octanol–water partition coefficient (Wildman–Crippen LogP) is 4.55. The maximum atomic E-state index is 9.93. The summed E-state index contributed by atoms with van der Waals surface area (Å²) >= 11 is 6.04. The Balaban J connectivity index is 2.20. The molecule has 0 saturated heterocycles. The number of hydrogen-bond acceptors (Lipinski definition) is 3. The monoisotopic (exact) mass is 305 g/mol. The lowest BCUT2D eigenvalue weighted by atomic mass is 10.0. The number of halogens is 1. The van der Waals surface area contributed by atoms with Gasteiger partial charge in [-0.05, 0) is 49.2 Å². The molecule has 0 aliphatic heterocycles. The van der Waals surface area contributed by atoms with Gasteiger partial charge in [-0.1, -0.05) is 30.7 Å². The summed E-state index contributed by atoms with van der Waals surface area (Å²) in [5, 5.41) is 23.7. The molecule has 0 aliphatic rings. The van der Waals surface area contributed by atoms with Crippen LogP contribution in [0, 0.1) is 0 Å². The minimum Gasteiger partial charge on any atom is -0.508 e. The summed E-state index contributed by atoms with van der Waals surface area (Å²) in [4.78, 5) is 0. The molecule has 112 valence electrons. The molecule has 0 aromatic heterocycles. The van der Waals surface area contributed by atoms with Crippen molar-refractivity contribution in [3.63, 3.8) is 0 Å². The number of phenolic OH excluding ortho intramolecular Hbond substituents is 2. The molecule has 2 unspecified atom stereocenters. The van der Waals surface area contributed by atoms with Crippen LogP contribution < -0.4 is 5.32 Å². The molecule has 0 bridgehead atoms. The summed E-state index contributed by atoms with van der Waals surface area (Å²) in [5.74, 6) is 0.320. The van der Waals surface area contributed by atoms with Crippen molar-refractivity contribution >= 4 is 11.6 Å². The van der Waals surface area contributed by atoms with Gasteiger partial charge < -0.3 is 15.5 Å². The highest BCUT2D eigenvalue weighted by molar-refractivity contribution is 6.30. The first-order valence-corrected chi connectivity index (χ1v) is 7.42. The van der Waals surface area contributed by atoms with Crippen LogP contribution >= 0.6 is 11.6 Å². The van der Waals surface area contributed by atoms with Crippen molar-refractivity contribution in [3.8, 4) is 11.5 Å². The average Bonchev–Trinajstić information content (AvgIpc) is 2.47. The molecule has 0 saturated carbocycles. The Labute approximate surface area is 130 Å². The first-order valence-electron chi connectivity index (χ1n) is 7.04. The first kappa shape index (κ1) is 15.7. The molecule has 0 amide bonds. The summed E-state index contributed by atoms with van der Waals surface area (Å²) < 4.78 is 0. The van der Waals surface area contributed by atoms with E-state index in [9.17, 15) is 10.2 Å². The van der Waals surface area contributed by atoms with E-state index in [1.807, 2.05) is 31.2 Å². The van der Waals surface area contributed by atoms with E-state index in [1.165, 1.54) is 12.1 Å². The van der Waals surface area contributed by atoms with Crippen LogP contribution in [0.2, 0.25) is 5.02 Å². The molecule has 4 heteroatoms. The predicted molar refractivity (Wildman–Crippen MR) is 85.8 cm³/mol. The van der Waals surface area contributed by atoms with Gasteiger partial charge in [-0.2, -0.15) is 0 Å². The third-order valence-electron chi connectivity index (χ3n) is 3.59. The van der Waals surface area contributed by atoms with Crippen LogP contribution in [-0.2, 0) is 0 Å². The average molecular weight is 306 g/mol. The van der Waals surface area contributed by atoms with E-state index in [1.54, 1.807) is 6.07 Å². The van der Waals surface area contributed by atoms with Crippen molar-refractivity contribution in [2.75, 3.05) is 0 Å². The summed E-state index contributed by atoms with van der Waals surface area (Å²) in [6.45, 7) is 4.05. The third-order valence-corrected chi connectivity index (χ3v) is 3.82. The third kappa shape index (κ3) is 3.90. The molecule has 21 heavy (non-hydrogen) atoms. The smallest absolute Gasteiger partial charge is 0.120 e. The van der Waals surface area contributed by atoms with Gasteiger partial charge in [0.05, 0.1) is 0 Å². The second-order valence-electron chi connectivity index (χ2n) is 5.15. The largest absolute Gasteiger partial charge is 0.508 e. The van der Waals surface area contributed by atoms with Crippen LogP contribution in [0.15, 0.2) is 42.5 Å². The molecule has 2 aromatic rings.